The third kappa shape index (κ3) is 3.49. The molecule has 0 radical (unpaired) electrons. The lowest BCUT2D eigenvalue weighted by Crippen LogP contribution is -2.00. The average molecular weight is 293 g/mol. The van der Waals surface area contributed by atoms with Crippen LogP contribution in [0.1, 0.15) is 5.56 Å². The zero-order valence-electron chi connectivity index (χ0n) is 11.5. The maximum atomic E-state index is 13.0. The highest BCUT2D eigenvalue weighted by molar-refractivity contribution is 5.79. The zero-order valence-corrected chi connectivity index (χ0v) is 11.5. The van der Waals surface area contributed by atoms with Gasteiger partial charge in [-0.3, -0.25) is 0 Å². The smallest absolute Gasteiger partial charge is 0.244 e. The van der Waals surface area contributed by atoms with E-state index < -0.39 is 0 Å². The lowest BCUT2D eigenvalue weighted by Gasteiger charge is -2.01. The predicted octanol–water partition coefficient (Wildman–Crippen LogP) is 3.12. The van der Waals surface area contributed by atoms with Gasteiger partial charge in [-0.1, -0.05) is 42.5 Å². The van der Waals surface area contributed by atoms with Gasteiger partial charge in [0.05, 0.1) is 18.1 Å². The van der Waals surface area contributed by atoms with Gasteiger partial charge in [0, 0.05) is 5.56 Å². The van der Waals surface area contributed by atoms with Crippen molar-refractivity contribution in [3.8, 4) is 11.3 Å². The molecule has 0 aliphatic carbocycles. The number of nitrogens with one attached hydrogen (secondary N) is 1. The van der Waals surface area contributed by atoms with Gasteiger partial charge in [-0.05, 0) is 17.7 Å². The van der Waals surface area contributed by atoms with Crippen molar-refractivity contribution in [3.05, 3.63) is 72.2 Å². The molecule has 0 fully saturated rings. The van der Waals surface area contributed by atoms with Gasteiger partial charge in [-0.2, -0.15) is 10.2 Å². The van der Waals surface area contributed by atoms with Crippen LogP contribution in [0.4, 0.5) is 10.3 Å². The van der Waals surface area contributed by atoms with Gasteiger partial charge in [0.2, 0.25) is 0 Å². The van der Waals surface area contributed by atoms with E-state index in [9.17, 15) is 4.39 Å². The number of aromatic nitrogens is 3. The summed E-state index contributed by atoms with van der Waals surface area (Å²) in [6, 6.07) is 15.8. The van der Waals surface area contributed by atoms with Gasteiger partial charge >= 0.3 is 0 Å². The fourth-order valence-corrected chi connectivity index (χ4v) is 1.85. The second kappa shape index (κ2) is 6.53. The zero-order chi connectivity index (χ0) is 15.2. The Morgan fingerprint density at radius 3 is 2.73 bits per heavy atom. The van der Waals surface area contributed by atoms with Gasteiger partial charge in [-0.15, -0.1) is 5.10 Å². The van der Waals surface area contributed by atoms with Crippen molar-refractivity contribution in [2.75, 3.05) is 5.43 Å². The van der Waals surface area contributed by atoms with Crippen LogP contribution < -0.4 is 5.43 Å². The minimum atomic E-state index is -0.312. The van der Waals surface area contributed by atoms with Crippen molar-refractivity contribution in [2.45, 2.75) is 0 Å². The van der Waals surface area contributed by atoms with Gasteiger partial charge in [0.1, 0.15) is 5.82 Å². The summed E-state index contributed by atoms with van der Waals surface area (Å²) in [7, 11) is 0. The van der Waals surface area contributed by atoms with E-state index >= 15 is 0 Å². The van der Waals surface area contributed by atoms with Crippen LogP contribution in [0.15, 0.2) is 65.9 Å². The predicted molar refractivity (Wildman–Crippen MR) is 82.9 cm³/mol. The van der Waals surface area contributed by atoms with E-state index in [1.807, 2.05) is 30.3 Å². The van der Waals surface area contributed by atoms with Gasteiger partial charge in [0.15, 0.2) is 0 Å². The Morgan fingerprint density at radius 2 is 1.91 bits per heavy atom. The van der Waals surface area contributed by atoms with Crippen molar-refractivity contribution < 1.29 is 4.39 Å². The second-order valence-electron chi connectivity index (χ2n) is 4.46. The Labute approximate surface area is 126 Å². The summed E-state index contributed by atoms with van der Waals surface area (Å²) >= 11 is 0. The van der Waals surface area contributed by atoms with Crippen LogP contribution in [-0.4, -0.2) is 21.4 Å². The Bertz CT molecular complexity index is 789. The minimum absolute atomic E-state index is 0.272. The molecule has 0 saturated carbocycles. The molecule has 0 aliphatic rings. The fraction of sp³-hybridized carbons (Fsp3) is 0. The lowest BCUT2D eigenvalue weighted by atomic mass is 10.2. The molecule has 1 aromatic heterocycles. The number of benzene rings is 2. The molecule has 2 aromatic carbocycles. The monoisotopic (exact) mass is 293 g/mol. The first-order chi connectivity index (χ1) is 10.8. The molecule has 1 N–H and O–H groups in total. The number of rotatable bonds is 4. The largest absolute Gasteiger partial charge is 0.263 e. The van der Waals surface area contributed by atoms with Gasteiger partial charge < -0.3 is 0 Å². The lowest BCUT2D eigenvalue weighted by molar-refractivity contribution is 0.627. The summed E-state index contributed by atoms with van der Waals surface area (Å²) in [6.45, 7) is 0. The summed E-state index contributed by atoms with van der Waals surface area (Å²) in [5.74, 6) is -0.0399. The van der Waals surface area contributed by atoms with E-state index in [-0.39, 0.29) is 11.8 Å². The van der Waals surface area contributed by atoms with Crippen LogP contribution >= 0.6 is 0 Å². The molecule has 0 saturated heterocycles. The van der Waals surface area contributed by atoms with Gasteiger partial charge in [0.25, 0.3) is 5.95 Å². The molecule has 1 heterocycles. The van der Waals surface area contributed by atoms with E-state index in [4.69, 9.17) is 0 Å². The van der Waals surface area contributed by atoms with Crippen molar-refractivity contribution in [1.82, 2.24) is 15.2 Å². The van der Waals surface area contributed by atoms with Crippen molar-refractivity contribution in [1.29, 1.82) is 0 Å². The summed E-state index contributed by atoms with van der Waals surface area (Å²) in [5, 5.41) is 11.7. The third-order valence-corrected chi connectivity index (χ3v) is 2.86. The van der Waals surface area contributed by atoms with Crippen molar-refractivity contribution in [2.24, 2.45) is 5.10 Å². The van der Waals surface area contributed by atoms with E-state index in [1.165, 1.54) is 18.3 Å². The molecule has 6 heteroatoms. The van der Waals surface area contributed by atoms with Crippen LogP contribution in [0.3, 0.4) is 0 Å². The SMILES string of the molecule is Fc1cccc(/C=N/Nc2nncc(-c3ccccc3)n2)c1. The molecule has 0 spiro atoms. The first kappa shape index (κ1) is 13.8. The normalized spacial score (nSPS) is 10.8. The Kier molecular flexibility index (Phi) is 4.10. The molecule has 3 rings (SSSR count). The maximum absolute atomic E-state index is 13.0. The molecule has 108 valence electrons. The van der Waals surface area contributed by atoms with E-state index in [0.717, 1.165) is 5.56 Å². The Hall–Kier alpha value is -3.15. The van der Waals surface area contributed by atoms with Crippen LogP contribution in [0.2, 0.25) is 0 Å². The Morgan fingerprint density at radius 1 is 1.05 bits per heavy atom. The van der Waals surface area contributed by atoms with Crippen LogP contribution in [0.5, 0.6) is 0 Å². The number of anilines is 1. The topological polar surface area (TPSA) is 63.1 Å². The summed E-state index contributed by atoms with van der Waals surface area (Å²) < 4.78 is 13.0. The molecule has 5 nitrogen and oxygen atoms in total. The summed E-state index contributed by atoms with van der Waals surface area (Å²) in [6.07, 6.45) is 3.07. The first-order valence-electron chi connectivity index (χ1n) is 6.61. The highest BCUT2D eigenvalue weighted by Crippen LogP contribution is 2.15. The number of nitrogens with zero attached hydrogens (tertiary/aromatic N) is 4. The van der Waals surface area contributed by atoms with Crippen molar-refractivity contribution >= 4 is 12.2 Å². The van der Waals surface area contributed by atoms with Crippen LogP contribution in [0.25, 0.3) is 11.3 Å². The second-order valence-corrected chi connectivity index (χ2v) is 4.46. The van der Waals surface area contributed by atoms with Crippen LogP contribution in [-0.2, 0) is 0 Å². The molecule has 22 heavy (non-hydrogen) atoms. The number of hydrogen-bond acceptors (Lipinski definition) is 5. The van der Waals surface area contributed by atoms with E-state index in [1.54, 1.807) is 18.3 Å². The van der Waals surface area contributed by atoms with Crippen LogP contribution in [0, 0.1) is 5.82 Å². The first-order valence-corrected chi connectivity index (χ1v) is 6.61. The summed E-state index contributed by atoms with van der Waals surface area (Å²) in [4.78, 5) is 4.32. The molecule has 0 unspecified atom stereocenters. The minimum Gasteiger partial charge on any atom is -0.244 e. The molecule has 3 aromatic rings. The molecule has 0 atom stereocenters. The highest BCUT2D eigenvalue weighted by Gasteiger charge is 2.01. The summed E-state index contributed by atoms with van der Waals surface area (Å²) in [5.41, 5.74) is 4.96. The number of halogens is 1. The van der Waals surface area contributed by atoms with Gasteiger partial charge in [-0.25, -0.2) is 14.8 Å². The van der Waals surface area contributed by atoms with Crippen molar-refractivity contribution in [3.63, 3.8) is 0 Å². The highest BCUT2D eigenvalue weighted by atomic mass is 19.1. The Balaban J connectivity index is 1.73. The standard InChI is InChI=1S/C16H12FN5/c17-14-8-4-5-12(9-14)10-18-21-16-20-15(11-19-22-16)13-6-2-1-3-7-13/h1-11H,(H,20,21,22)/b18-10+. The average Bonchev–Trinajstić information content (AvgIpc) is 2.56. The molecular formula is C16H12FN5. The molecule has 0 amide bonds. The molecule has 0 bridgehead atoms. The maximum Gasteiger partial charge on any atom is 0.263 e. The fourth-order valence-electron chi connectivity index (χ4n) is 1.85. The molecular weight excluding hydrogens is 281 g/mol. The number of hydrogen-bond donors (Lipinski definition) is 1. The molecule has 0 aliphatic heterocycles. The number of hydrazone groups is 1. The quantitative estimate of drug-likeness (QED) is 0.593. The van der Waals surface area contributed by atoms with E-state index in [2.05, 4.69) is 25.7 Å². The third-order valence-electron chi connectivity index (χ3n) is 2.86. The van der Waals surface area contributed by atoms with E-state index in [0.29, 0.717) is 11.3 Å².